The van der Waals surface area contributed by atoms with Gasteiger partial charge in [0.05, 0.1) is 55.6 Å². The molecule has 256 valence electrons. The number of amides is 2. The number of hydrazone groups is 2. The monoisotopic (exact) mass is 713 g/mol. The van der Waals surface area contributed by atoms with Crippen LogP contribution in [0.15, 0.2) is 55.4 Å². The molecular weight excluding hydrogens is 674 g/mol. The first-order chi connectivity index (χ1) is 22.0. The molecule has 0 aliphatic carbocycles. The van der Waals surface area contributed by atoms with Gasteiger partial charge in [-0.25, -0.2) is 26.9 Å². The number of sulfone groups is 2. The number of fused-ring (bicyclic) bond motifs is 2. The number of rotatable bonds is 3. The number of likely N-dealkylation sites (N-methyl/N-ethyl adjacent to an activating group) is 2. The van der Waals surface area contributed by atoms with E-state index < -0.39 is 30.5 Å². The summed E-state index contributed by atoms with van der Waals surface area (Å²) in [6.07, 6.45) is 2.99. The van der Waals surface area contributed by atoms with Crippen molar-refractivity contribution in [2.45, 2.75) is 62.2 Å². The third-order valence-corrected chi connectivity index (χ3v) is 13.8. The maximum Gasteiger partial charge on any atom is 0.277 e. The maximum absolute atomic E-state index is 12.5. The molecule has 0 fully saturated rings. The van der Waals surface area contributed by atoms with Gasteiger partial charge in [-0.1, -0.05) is 51.4 Å². The Kier molecular flexibility index (Phi) is 8.62. The van der Waals surface area contributed by atoms with E-state index in [1.807, 2.05) is 60.5 Å². The molecule has 0 bridgehead atoms. The second kappa shape index (κ2) is 11.7. The highest BCUT2D eigenvalue weighted by Crippen LogP contribution is 2.45. The number of hydrogen-bond acceptors (Lipinski definition) is 9. The van der Waals surface area contributed by atoms with Crippen molar-refractivity contribution in [1.82, 2.24) is 14.9 Å². The molecule has 0 spiro atoms. The highest BCUT2D eigenvalue weighted by atomic mass is 35.5. The number of benzene rings is 2. The zero-order valence-electron chi connectivity index (χ0n) is 28.8. The minimum Gasteiger partial charge on any atom is -0.376 e. The summed E-state index contributed by atoms with van der Waals surface area (Å²) in [5, 5.41) is 10.8. The van der Waals surface area contributed by atoms with Gasteiger partial charge in [-0.2, -0.15) is 10.2 Å². The van der Waals surface area contributed by atoms with Crippen molar-refractivity contribution in [2.24, 2.45) is 10.2 Å². The fourth-order valence-corrected chi connectivity index (χ4v) is 12.1. The summed E-state index contributed by atoms with van der Waals surface area (Å²) in [6.45, 7) is 11.5. The minimum absolute atomic E-state index is 0.0803. The van der Waals surface area contributed by atoms with E-state index in [0.717, 1.165) is 33.5 Å². The molecule has 2 aromatic carbocycles. The zero-order valence-corrected chi connectivity index (χ0v) is 31.1. The number of nitrogens with zero attached hydrogens (tertiary/aromatic N) is 5. The van der Waals surface area contributed by atoms with Gasteiger partial charge in [0.1, 0.15) is 0 Å². The van der Waals surface area contributed by atoms with E-state index in [-0.39, 0.29) is 23.3 Å². The molecule has 11 nitrogen and oxygen atoms in total. The van der Waals surface area contributed by atoms with E-state index >= 15 is 0 Å². The Morgan fingerprint density at radius 3 is 1.52 bits per heavy atom. The molecule has 4 aliphatic heterocycles. The van der Waals surface area contributed by atoms with Gasteiger partial charge in [-0.15, -0.1) is 0 Å². The summed E-state index contributed by atoms with van der Waals surface area (Å²) in [5.74, 6) is -0.259. The van der Waals surface area contributed by atoms with Crippen molar-refractivity contribution in [2.75, 3.05) is 39.7 Å². The first-order valence-electron chi connectivity index (χ1n) is 15.2. The van der Waals surface area contributed by atoms with Crippen molar-refractivity contribution in [3.05, 3.63) is 68.8 Å². The van der Waals surface area contributed by atoms with Gasteiger partial charge in [0.15, 0.2) is 19.7 Å². The van der Waals surface area contributed by atoms with Crippen molar-refractivity contribution >= 4 is 66.2 Å². The predicted molar refractivity (Wildman–Crippen MR) is 188 cm³/mol. The molecule has 4 heterocycles. The number of halogens is 1. The quantitative estimate of drug-likeness (QED) is 0.434. The maximum atomic E-state index is 12.5. The van der Waals surface area contributed by atoms with Crippen LogP contribution >= 0.6 is 11.6 Å². The molecule has 0 saturated heterocycles. The second-order valence-electron chi connectivity index (χ2n) is 14.0. The van der Waals surface area contributed by atoms with Crippen LogP contribution in [0.5, 0.6) is 0 Å². The lowest BCUT2D eigenvalue weighted by Crippen LogP contribution is -2.23. The summed E-state index contributed by atoms with van der Waals surface area (Å²) in [6, 6.07) is 6.73. The van der Waals surface area contributed by atoms with E-state index in [1.165, 1.54) is 16.2 Å². The van der Waals surface area contributed by atoms with Crippen LogP contribution in [0.25, 0.3) is 10.7 Å². The third-order valence-electron chi connectivity index (χ3n) is 9.18. The Labute approximate surface area is 287 Å². The fraction of sp³-hybridized carbons (Fsp3) is 0.412. The topological polar surface area (TPSA) is 137 Å². The predicted octanol–water partition coefficient (Wildman–Crippen LogP) is 4.26. The van der Waals surface area contributed by atoms with E-state index in [2.05, 4.69) is 10.2 Å². The van der Waals surface area contributed by atoms with Crippen molar-refractivity contribution in [3.8, 4) is 0 Å². The number of carbonyl (C=O) groups excluding carboxylic acids is 2. The SMILES string of the molecule is Cc1c(C(=C2C=NN(C)C2=O)N(C)C)ccc2c1C(C)(C)CS2(=O)=O.Cc1c(C(Cl)=C2C=NN(C)C2=O)ccc2c1C(C)(C)CS2(=O)=O. The molecule has 0 atom stereocenters. The molecule has 48 heavy (non-hydrogen) atoms. The zero-order chi connectivity index (χ0) is 35.9. The molecule has 0 saturated carbocycles. The molecule has 0 aromatic heterocycles. The van der Waals surface area contributed by atoms with Crippen LogP contribution < -0.4 is 0 Å². The summed E-state index contributed by atoms with van der Waals surface area (Å²) in [5.41, 5.74) is 5.48. The molecule has 4 aliphatic rings. The highest BCUT2D eigenvalue weighted by molar-refractivity contribution is 7.92. The average molecular weight is 714 g/mol. The largest absolute Gasteiger partial charge is 0.376 e. The van der Waals surface area contributed by atoms with Crippen LogP contribution in [-0.4, -0.2) is 95.7 Å². The van der Waals surface area contributed by atoms with Gasteiger partial charge in [-0.3, -0.25) is 9.59 Å². The van der Waals surface area contributed by atoms with Gasteiger partial charge in [0.25, 0.3) is 11.8 Å². The van der Waals surface area contributed by atoms with Crippen LogP contribution in [-0.2, 0) is 40.1 Å². The Balaban J connectivity index is 0.000000188. The molecule has 0 unspecified atom stereocenters. The Hall–Kier alpha value is -3.81. The fourth-order valence-electron chi connectivity index (χ4n) is 7.26. The standard InChI is InChI=1S/C18H23N3O3S.C16H17ClN2O3S/c1-11-12(16(20(4)5)13-9-19-21(6)17(13)22)7-8-14-15(11)18(2,3)10-25(14,23)24;1-9-10(14(17)11-7-18-19(4)15(11)20)5-6-12-13(9)16(2,3)8-23(12,21)22/h7-9H,10H2,1-6H3;5-7H,8H2,1-4H3. The summed E-state index contributed by atoms with van der Waals surface area (Å²) >= 11 is 6.44. The van der Waals surface area contributed by atoms with E-state index in [4.69, 9.17) is 11.6 Å². The lowest BCUT2D eigenvalue weighted by molar-refractivity contribution is -0.125. The lowest BCUT2D eigenvalue weighted by Gasteiger charge is -2.25. The van der Waals surface area contributed by atoms with Crippen LogP contribution in [0.3, 0.4) is 0 Å². The summed E-state index contributed by atoms with van der Waals surface area (Å²) in [4.78, 5) is 27.1. The van der Waals surface area contributed by atoms with Gasteiger partial charge in [0.2, 0.25) is 0 Å². The Bertz CT molecular complexity index is 2140. The van der Waals surface area contributed by atoms with Crippen molar-refractivity contribution < 1.29 is 26.4 Å². The molecule has 0 radical (unpaired) electrons. The third kappa shape index (κ3) is 5.69. The summed E-state index contributed by atoms with van der Waals surface area (Å²) < 4.78 is 49.6. The van der Waals surface area contributed by atoms with Gasteiger partial charge < -0.3 is 4.90 Å². The molecule has 0 N–H and O–H groups in total. The number of carbonyl (C=O) groups is 2. The van der Waals surface area contributed by atoms with Crippen LogP contribution in [0.4, 0.5) is 0 Å². The molecule has 14 heteroatoms. The van der Waals surface area contributed by atoms with Crippen LogP contribution in [0.2, 0.25) is 0 Å². The highest BCUT2D eigenvalue weighted by Gasteiger charge is 2.44. The van der Waals surface area contributed by atoms with E-state index in [9.17, 15) is 26.4 Å². The summed E-state index contributed by atoms with van der Waals surface area (Å²) in [7, 11) is 0.369. The average Bonchev–Trinajstić information content (AvgIpc) is 3.59. The second-order valence-corrected chi connectivity index (χ2v) is 18.3. The van der Waals surface area contributed by atoms with Gasteiger partial charge in [0, 0.05) is 44.6 Å². The van der Waals surface area contributed by atoms with E-state index in [0.29, 0.717) is 31.5 Å². The lowest BCUT2D eigenvalue weighted by atomic mass is 9.82. The smallest absolute Gasteiger partial charge is 0.277 e. The van der Waals surface area contributed by atoms with Gasteiger partial charge in [-0.05, 0) is 53.8 Å². The van der Waals surface area contributed by atoms with Crippen LogP contribution in [0, 0.1) is 13.8 Å². The Morgan fingerprint density at radius 1 is 0.729 bits per heavy atom. The normalized spacial score (nSPS) is 22.8. The van der Waals surface area contributed by atoms with Crippen LogP contribution in [0.1, 0.15) is 61.1 Å². The molecule has 2 amide bonds. The van der Waals surface area contributed by atoms with Crippen molar-refractivity contribution in [3.63, 3.8) is 0 Å². The minimum atomic E-state index is -3.28. The Morgan fingerprint density at radius 2 is 1.12 bits per heavy atom. The van der Waals surface area contributed by atoms with Crippen molar-refractivity contribution in [1.29, 1.82) is 0 Å². The first kappa shape index (κ1) is 35.5. The van der Waals surface area contributed by atoms with Gasteiger partial charge >= 0.3 is 0 Å². The van der Waals surface area contributed by atoms with E-state index in [1.54, 1.807) is 44.6 Å². The molecular formula is C34H40ClN5O6S2. The molecule has 6 rings (SSSR count). The molecule has 2 aromatic rings. The first-order valence-corrected chi connectivity index (χ1v) is 18.9. The number of hydrogen-bond donors (Lipinski definition) is 0.